The lowest BCUT2D eigenvalue weighted by molar-refractivity contribution is -0.186. The Bertz CT molecular complexity index is 489. The number of hydrogen-bond donors (Lipinski definition) is 2. The quantitative estimate of drug-likeness (QED) is 0.506. The minimum absolute atomic E-state index is 0.0228. The summed E-state index contributed by atoms with van der Waals surface area (Å²) in [6.07, 6.45) is -3.43. The second kappa shape index (κ2) is 6.27. The van der Waals surface area contributed by atoms with Gasteiger partial charge in [-0.05, 0) is 31.2 Å². The third-order valence-corrected chi connectivity index (χ3v) is 4.15. The predicted octanol–water partition coefficient (Wildman–Crippen LogP) is 3.84. The molecule has 21 heavy (non-hydrogen) atoms. The lowest BCUT2D eigenvalue weighted by Gasteiger charge is -2.35. The predicted molar refractivity (Wildman–Crippen MR) is 67.9 cm³/mol. The highest BCUT2D eigenvalue weighted by molar-refractivity contribution is 5.23. The van der Waals surface area contributed by atoms with E-state index in [2.05, 4.69) is 5.43 Å². The molecule has 7 heteroatoms. The van der Waals surface area contributed by atoms with E-state index in [4.69, 9.17) is 5.84 Å². The van der Waals surface area contributed by atoms with E-state index >= 15 is 0 Å². The highest BCUT2D eigenvalue weighted by atomic mass is 19.4. The molecule has 0 bridgehead atoms. The molecule has 1 saturated carbocycles. The third-order valence-electron chi connectivity index (χ3n) is 4.15. The average Bonchev–Trinajstić information content (AvgIpc) is 2.44. The number of hydrogen-bond acceptors (Lipinski definition) is 2. The summed E-state index contributed by atoms with van der Waals surface area (Å²) in [6.45, 7) is 0. The summed E-state index contributed by atoms with van der Waals surface area (Å²) in [5, 5.41) is 0. The van der Waals surface area contributed by atoms with Crippen LogP contribution in [0.5, 0.6) is 0 Å². The Morgan fingerprint density at radius 3 is 2.52 bits per heavy atom. The van der Waals surface area contributed by atoms with E-state index in [1.165, 1.54) is 12.1 Å². The average molecular weight is 308 g/mol. The van der Waals surface area contributed by atoms with E-state index in [0.29, 0.717) is 12.8 Å². The van der Waals surface area contributed by atoms with Crippen molar-refractivity contribution in [2.45, 2.75) is 37.9 Å². The maximum absolute atomic E-state index is 13.8. The normalized spacial score (nSPS) is 24.9. The van der Waals surface area contributed by atoms with Gasteiger partial charge in [-0.3, -0.25) is 11.3 Å². The second-order valence-electron chi connectivity index (χ2n) is 5.45. The van der Waals surface area contributed by atoms with E-state index in [9.17, 15) is 22.0 Å². The van der Waals surface area contributed by atoms with Crippen molar-refractivity contribution in [1.29, 1.82) is 0 Å². The SMILES string of the molecule is NNC(c1cccc(F)c1F)C1CCCC(C(F)(F)F)C1. The number of halogens is 5. The van der Waals surface area contributed by atoms with Crippen LogP contribution in [0.25, 0.3) is 0 Å². The smallest absolute Gasteiger partial charge is 0.271 e. The van der Waals surface area contributed by atoms with Gasteiger partial charge in [-0.15, -0.1) is 0 Å². The van der Waals surface area contributed by atoms with Gasteiger partial charge in [-0.2, -0.15) is 13.2 Å². The Labute approximate surface area is 119 Å². The number of alkyl halides is 3. The van der Waals surface area contributed by atoms with Gasteiger partial charge in [0.2, 0.25) is 0 Å². The van der Waals surface area contributed by atoms with E-state index in [1.807, 2.05) is 0 Å². The molecule has 2 nitrogen and oxygen atoms in total. The highest BCUT2D eigenvalue weighted by Gasteiger charge is 2.44. The number of hydrazine groups is 1. The molecule has 0 aromatic heterocycles. The van der Waals surface area contributed by atoms with Crippen LogP contribution in [0.4, 0.5) is 22.0 Å². The molecular formula is C14H17F5N2. The lowest BCUT2D eigenvalue weighted by atomic mass is 9.76. The first-order valence-electron chi connectivity index (χ1n) is 6.81. The van der Waals surface area contributed by atoms with Gasteiger partial charge in [-0.25, -0.2) is 8.78 Å². The monoisotopic (exact) mass is 308 g/mol. The van der Waals surface area contributed by atoms with E-state index < -0.39 is 35.7 Å². The van der Waals surface area contributed by atoms with Gasteiger partial charge >= 0.3 is 6.18 Å². The molecule has 118 valence electrons. The maximum Gasteiger partial charge on any atom is 0.391 e. The van der Waals surface area contributed by atoms with Gasteiger partial charge < -0.3 is 0 Å². The summed E-state index contributed by atoms with van der Waals surface area (Å²) in [4.78, 5) is 0. The molecule has 3 N–H and O–H groups in total. The van der Waals surface area contributed by atoms with Gasteiger partial charge in [0.1, 0.15) is 0 Å². The fourth-order valence-corrected chi connectivity index (χ4v) is 3.07. The molecule has 0 saturated heterocycles. The largest absolute Gasteiger partial charge is 0.391 e. The van der Waals surface area contributed by atoms with Crippen LogP contribution in [0.15, 0.2) is 18.2 Å². The first kappa shape index (κ1) is 16.2. The van der Waals surface area contributed by atoms with Crippen LogP contribution in [0, 0.1) is 23.5 Å². The summed E-state index contributed by atoms with van der Waals surface area (Å²) >= 11 is 0. The van der Waals surface area contributed by atoms with Crippen LogP contribution in [0.1, 0.15) is 37.3 Å². The molecule has 0 heterocycles. The van der Waals surface area contributed by atoms with Gasteiger partial charge in [0.05, 0.1) is 12.0 Å². The molecule has 0 aliphatic heterocycles. The molecule has 0 spiro atoms. The summed E-state index contributed by atoms with van der Waals surface area (Å²) < 4.78 is 65.6. The Morgan fingerprint density at radius 2 is 1.90 bits per heavy atom. The maximum atomic E-state index is 13.8. The summed E-state index contributed by atoms with van der Waals surface area (Å²) in [6, 6.07) is 2.81. The molecule has 1 aliphatic rings. The van der Waals surface area contributed by atoms with Crippen LogP contribution in [-0.4, -0.2) is 6.18 Å². The van der Waals surface area contributed by atoms with Crippen molar-refractivity contribution in [3.05, 3.63) is 35.4 Å². The van der Waals surface area contributed by atoms with Crippen molar-refractivity contribution in [3.8, 4) is 0 Å². The van der Waals surface area contributed by atoms with Crippen molar-refractivity contribution >= 4 is 0 Å². The van der Waals surface area contributed by atoms with Gasteiger partial charge in [0.25, 0.3) is 0 Å². The Morgan fingerprint density at radius 1 is 1.19 bits per heavy atom. The zero-order valence-electron chi connectivity index (χ0n) is 11.3. The van der Waals surface area contributed by atoms with E-state index in [1.54, 1.807) is 0 Å². The van der Waals surface area contributed by atoms with Crippen LogP contribution in [0.2, 0.25) is 0 Å². The van der Waals surface area contributed by atoms with Gasteiger partial charge in [0.15, 0.2) is 11.6 Å². The first-order chi connectivity index (χ1) is 9.84. The van der Waals surface area contributed by atoms with E-state index in [0.717, 1.165) is 6.07 Å². The van der Waals surface area contributed by atoms with Crippen molar-refractivity contribution in [1.82, 2.24) is 5.43 Å². The van der Waals surface area contributed by atoms with Crippen LogP contribution < -0.4 is 11.3 Å². The van der Waals surface area contributed by atoms with Crippen molar-refractivity contribution in [2.24, 2.45) is 17.7 Å². The lowest BCUT2D eigenvalue weighted by Crippen LogP contribution is -2.39. The molecule has 3 atom stereocenters. The Balaban J connectivity index is 2.23. The molecule has 1 aliphatic carbocycles. The van der Waals surface area contributed by atoms with Crippen LogP contribution >= 0.6 is 0 Å². The number of rotatable bonds is 3. The third kappa shape index (κ3) is 3.52. The second-order valence-corrected chi connectivity index (χ2v) is 5.45. The zero-order valence-corrected chi connectivity index (χ0v) is 11.3. The van der Waals surface area contributed by atoms with E-state index in [-0.39, 0.29) is 18.4 Å². The highest BCUT2D eigenvalue weighted by Crippen LogP contribution is 2.44. The molecule has 1 aromatic rings. The van der Waals surface area contributed by atoms with Gasteiger partial charge in [-0.1, -0.05) is 18.6 Å². The molecule has 3 unspecified atom stereocenters. The first-order valence-corrected chi connectivity index (χ1v) is 6.81. The summed E-state index contributed by atoms with van der Waals surface area (Å²) in [7, 11) is 0. The molecular weight excluding hydrogens is 291 g/mol. The summed E-state index contributed by atoms with van der Waals surface area (Å²) in [5.74, 6) is 1.40. The fourth-order valence-electron chi connectivity index (χ4n) is 3.07. The molecule has 0 radical (unpaired) electrons. The van der Waals surface area contributed by atoms with Crippen LogP contribution in [-0.2, 0) is 0 Å². The minimum atomic E-state index is -4.27. The minimum Gasteiger partial charge on any atom is -0.271 e. The Hall–Kier alpha value is -1.21. The molecule has 1 aromatic carbocycles. The topological polar surface area (TPSA) is 38.0 Å². The van der Waals surface area contributed by atoms with Crippen LogP contribution in [0.3, 0.4) is 0 Å². The van der Waals surface area contributed by atoms with Crippen molar-refractivity contribution in [2.75, 3.05) is 0 Å². The Kier molecular flexibility index (Phi) is 4.83. The molecule has 0 amide bonds. The number of nitrogens with one attached hydrogen (secondary N) is 1. The summed E-state index contributed by atoms with van der Waals surface area (Å²) in [5.41, 5.74) is 2.33. The van der Waals surface area contributed by atoms with Crippen molar-refractivity contribution in [3.63, 3.8) is 0 Å². The standard InChI is InChI=1S/C14H17F5N2/c15-11-6-2-5-10(12(11)16)13(21-20)8-3-1-4-9(7-8)14(17,18)19/h2,5-6,8-9,13,21H,1,3-4,7,20H2. The van der Waals surface area contributed by atoms with Gasteiger partial charge in [0, 0.05) is 5.56 Å². The number of nitrogens with two attached hydrogens (primary N) is 1. The van der Waals surface area contributed by atoms with Crippen molar-refractivity contribution < 1.29 is 22.0 Å². The molecule has 2 rings (SSSR count). The molecule has 1 fully saturated rings. The zero-order chi connectivity index (χ0) is 15.6. The number of benzene rings is 1. The fraction of sp³-hybridized carbons (Fsp3) is 0.571.